The van der Waals surface area contributed by atoms with Crippen LogP contribution in [-0.4, -0.2) is 55.7 Å². The molecule has 0 aromatic rings. The lowest BCUT2D eigenvalue weighted by molar-refractivity contribution is 0.510. The molecule has 0 rings (SSSR count). The minimum Gasteiger partial charge on any atom is -0.370 e. The molecule has 2 unspecified atom stereocenters. The van der Waals surface area contributed by atoms with E-state index in [4.69, 9.17) is 5.73 Å². The van der Waals surface area contributed by atoms with E-state index in [1.54, 1.807) is 0 Å². The van der Waals surface area contributed by atoms with Crippen LogP contribution in [0.4, 0.5) is 0 Å². The fourth-order valence-electron chi connectivity index (χ4n) is 2.31. The summed E-state index contributed by atoms with van der Waals surface area (Å²) in [6, 6.07) is 0. The SMILES string of the molecule is NC(=NC(CCCCCN=C=O)N=C=O)NC(CCCCCN=C=O)N=C=O. The first-order chi connectivity index (χ1) is 13.7. The molecule has 0 aromatic heterocycles. The Balaban J connectivity index is 4.50. The molecule has 11 heteroatoms. The van der Waals surface area contributed by atoms with Crippen LogP contribution in [0.2, 0.25) is 0 Å². The number of carbonyl (C=O) groups excluding carboxylic acids is 4. The van der Waals surface area contributed by atoms with Crippen LogP contribution in [0.3, 0.4) is 0 Å². The third kappa shape index (κ3) is 15.1. The zero-order chi connectivity index (χ0) is 20.9. The number of isocyanates is 4. The van der Waals surface area contributed by atoms with Crippen LogP contribution in [0.15, 0.2) is 25.0 Å². The van der Waals surface area contributed by atoms with E-state index in [0.29, 0.717) is 32.4 Å². The van der Waals surface area contributed by atoms with Gasteiger partial charge in [0.05, 0.1) is 13.1 Å². The van der Waals surface area contributed by atoms with Crippen molar-refractivity contribution >= 4 is 30.3 Å². The molecular weight excluding hydrogens is 366 g/mol. The van der Waals surface area contributed by atoms with Crippen LogP contribution in [0.5, 0.6) is 0 Å². The molecule has 0 bridgehead atoms. The number of nitrogens with zero attached hydrogens (tertiary/aromatic N) is 5. The summed E-state index contributed by atoms with van der Waals surface area (Å²) >= 11 is 0. The number of hydrogen-bond acceptors (Lipinski definition) is 9. The molecule has 0 spiro atoms. The van der Waals surface area contributed by atoms with E-state index >= 15 is 0 Å². The zero-order valence-electron chi connectivity index (χ0n) is 15.7. The van der Waals surface area contributed by atoms with Gasteiger partial charge >= 0.3 is 0 Å². The molecular formula is C17H25N7O4. The number of unbranched alkanes of at least 4 members (excludes halogenated alkanes) is 4. The van der Waals surface area contributed by atoms with Crippen molar-refractivity contribution in [2.75, 3.05) is 13.1 Å². The quantitative estimate of drug-likeness (QED) is 0.172. The van der Waals surface area contributed by atoms with Crippen LogP contribution >= 0.6 is 0 Å². The smallest absolute Gasteiger partial charge is 0.237 e. The van der Waals surface area contributed by atoms with Gasteiger partial charge in [0.2, 0.25) is 24.3 Å². The fourth-order valence-corrected chi connectivity index (χ4v) is 2.31. The van der Waals surface area contributed by atoms with E-state index in [1.807, 2.05) is 0 Å². The molecule has 0 aliphatic heterocycles. The summed E-state index contributed by atoms with van der Waals surface area (Å²) in [4.78, 5) is 59.4. The van der Waals surface area contributed by atoms with Gasteiger partial charge in [-0.2, -0.15) is 9.98 Å². The second kappa shape index (κ2) is 18.6. The molecule has 0 heterocycles. The van der Waals surface area contributed by atoms with Gasteiger partial charge in [0.15, 0.2) is 12.1 Å². The Kier molecular flexibility index (Phi) is 16.4. The zero-order valence-corrected chi connectivity index (χ0v) is 15.7. The Morgan fingerprint density at radius 2 is 1.32 bits per heavy atom. The second-order valence-electron chi connectivity index (χ2n) is 5.74. The largest absolute Gasteiger partial charge is 0.370 e. The van der Waals surface area contributed by atoms with Crippen molar-refractivity contribution in [3.8, 4) is 0 Å². The molecule has 3 N–H and O–H groups in total. The predicted molar refractivity (Wildman–Crippen MR) is 101 cm³/mol. The van der Waals surface area contributed by atoms with Gasteiger partial charge in [-0.15, -0.1) is 0 Å². The van der Waals surface area contributed by atoms with Crippen LogP contribution in [-0.2, 0) is 19.2 Å². The van der Waals surface area contributed by atoms with Crippen molar-refractivity contribution in [2.45, 2.75) is 63.7 Å². The summed E-state index contributed by atoms with van der Waals surface area (Å²) in [6.07, 6.45) is 10.0. The molecule has 11 nitrogen and oxygen atoms in total. The van der Waals surface area contributed by atoms with Crippen LogP contribution in [0, 0.1) is 0 Å². The molecule has 0 saturated carbocycles. The van der Waals surface area contributed by atoms with Crippen molar-refractivity contribution in [3.05, 3.63) is 0 Å². The van der Waals surface area contributed by atoms with E-state index in [1.165, 1.54) is 24.3 Å². The topological polar surface area (TPSA) is 168 Å². The summed E-state index contributed by atoms with van der Waals surface area (Å²) < 4.78 is 0. The molecule has 0 aromatic carbocycles. The molecule has 152 valence electrons. The van der Waals surface area contributed by atoms with Gasteiger partial charge in [-0.3, -0.25) is 0 Å². The van der Waals surface area contributed by atoms with Crippen LogP contribution in [0.1, 0.15) is 51.4 Å². The Labute approximate surface area is 163 Å². The summed E-state index contributed by atoms with van der Waals surface area (Å²) in [6.45, 7) is 0.819. The second-order valence-corrected chi connectivity index (χ2v) is 5.74. The minimum absolute atomic E-state index is 0.00381. The normalized spacial score (nSPS) is 12.4. The molecule has 0 aliphatic rings. The van der Waals surface area contributed by atoms with Crippen molar-refractivity contribution in [1.82, 2.24) is 5.32 Å². The first-order valence-electron chi connectivity index (χ1n) is 8.99. The van der Waals surface area contributed by atoms with Crippen molar-refractivity contribution < 1.29 is 19.2 Å². The maximum Gasteiger partial charge on any atom is 0.237 e. The molecule has 0 radical (unpaired) electrons. The van der Waals surface area contributed by atoms with E-state index in [9.17, 15) is 19.2 Å². The van der Waals surface area contributed by atoms with Crippen molar-refractivity contribution in [2.24, 2.45) is 30.7 Å². The van der Waals surface area contributed by atoms with E-state index < -0.39 is 12.3 Å². The highest BCUT2D eigenvalue weighted by Gasteiger charge is 2.10. The lowest BCUT2D eigenvalue weighted by Gasteiger charge is -2.14. The third-order valence-corrected chi connectivity index (χ3v) is 3.62. The van der Waals surface area contributed by atoms with Crippen molar-refractivity contribution in [3.63, 3.8) is 0 Å². The van der Waals surface area contributed by atoms with E-state index in [0.717, 1.165) is 32.1 Å². The monoisotopic (exact) mass is 391 g/mol. The number of rotatable bonds is 16. The standard InChI is InChI=1S/C17H25N7O4/c18-17(23-15(21-13-27)7-3-1-5-9-19-11-25)24-16(22-14-28)8-4-2-6-10-20-12-26/h15-16H,1-10H2,(H3,18,23,24). The van der Waals surface area contributed by atoms with Crippen molar-refractivity contribution in [1.29, 1.82) is 0 Å². The fraction of sp³-hybridized carbons (Fsp3) is 0.706. The van der Waals surface area contributed by atoms with E-state index in [2.05, 4.69) is 30.3 Å². The number of aliphatic imine (C=N–C) groups is 5. The first kappa shape index (κ1) is 24.8. The molecule has 0 saturated heterocycles. The highest BCUT2D eigenvalue weighted by molar-refractivity contribution is 5.78. The predicted octanol–water partition coefficient (Wildman–Crippen LogP) is 1.01. The summed E-state index contributed by atoms with van der Waals surface area (Å²) in [7, 11) is 0. The number of guanidine groups is 1. The maximum atomic E-state index is 10.6. The van der Waals surface area contributed by atoms with Gasteiger partial charge in [0.25, 0.3) is 0 Å². The number of nitrogens with two attached hydrogens (primary N) is 1. The highest BCUT2D eigenvalue weighted by Crippen LogP contribution is 2.09. The number of nitrogens with one attached hydrogen (secondary N) is 1. The Morgan fingerprint density at radius 3 is 1.86 bits per heavy atom. The maximum absolute atomic E-state index is 10.6. The number of hydrogen-bond donors (Lipinski definition) is 2. The third-order valence-electron chi connectivity index (χ3n) is 3.62. The highest BCUT2D eigenvalue weighted by atomic mass is 16.1. The Hall–Kier alpha value is -3.21. The summed E-state index contributed by atoms with van der Waals surface area (Å²) in [5.41, 5.74) is 5.82. The van der Waals surface area contributed by atoms with Gasteiger partial charge in [0.1, 0.15) is 6.17 Å². The van der Waals surface area contributed by atoms with Crippen LogP contribution < -0.4 is 11.1 Å². The summed E-state index contributed by atoms with van der Waals surface area (Å²) in [5, 5.41) is 2.79. The van der Waals surface area contributed by atoms with Gasteiger partial charge < -0.3 is 11.1 Å². The Morgan fingerprint density at radius 1 is 0.750 bits per heavy atom. The molecule has 0 amide bonds. The van der Waals surface area contributed by atoms with Crippen LogP contribution in [0.25, 0.3) is 0 Å². The van der Waals surface area contributed by atoms with E-state index in [-0.39, 0.29) is 5.96 Å². The van der Waals surface area contributed by atoms with Gasteiger partial charge in [-0.1, -0.05) is 12.8 Å². The molecule has 0 fully saturated rings. The van der Waals surface area contributed by atoms with Gasteiger partial charge in [-0.25, -0.2) is 34.2 Å². The summed E-state index contributed by atoms with van der Waals surface area (Å²) in [5.74, 6) is 0.00381. The molecule has 0 aliphatic carbocycles. The lowest BCUT2D eigenvalue weighted by Crippen LogP contribution is -2.39. The van der Waals surface area contributed by atoms with Gasteiger partial charge in [-0.05, 0) is 38.5 Å². The average Bonchev–Trinajstić information content (AvgIpc) is 2.67. The average molecular weight is 391 g/mol. The van der Waals surface area contributed by atoms with Gasteiger partial charge in [0, 0.05) is 0 Å². The molecule has 28 heavy (non-hydrogen) atoms. The minimum atomic E-state index is -0.693. The lowest BCUT2D eigenvalue weighted by atomic mass is 10.1. The Bertz CT molecular complexity index is 656. The first-order valence-corrected chi connectivity index (χ1v) is 8.99. The molecule has 2 atom stereocenters.